The van der Waals surface area contributed by atoms with E-state index in [2.05, 4.69) is 5.32 Å². The summed E-state index contributed by atoms with van der Waals surface area (Å²) in [6, 6.07) is 6.07. The number of rotatable bonds is 5. The van der Waals surface area contributed by atoms with Gasteiger partial charge in [0.05, 0.1) is 6.10 Å². The van der Waals surface area contributed by atoms with Crippen LogP contribution in [-0.4, -0.2) is 29.4 Å². The van der Waals surface area contributed by atoms with E-state index in [9.17, 15) is 9.90 Å². The molecule has 0 bridgehead atoms. The Morgan fingerprint density at radius 1 is 1.41 bits per heavy atom. The van der Waals surface area contributed by atoms with E-state index in [1.54, 1.807) is 13.0 Å². The number of aliphatic hydroxyl groups excluding tert-OH is 1. The highest BCUT2D eigenvalue weighted by Crippen LogP contribution is 2.17. The van der Waals surface area contributed by atoms with Crippen LogP contribution in [0.2, 0.25) is 0 Å². The van der Waals surface area contributed by atoms with Gasteiger partial charge in [-0.3, -0.25) is 0 Å². The molecule has 1 atom stereocenters. The average Bonchev–Trinajstić information content (AvgIpc) is 2.35. The summed E-state index contributed by atoms with van der Waals surface area (Å²) in [5, 5.41) is 12.2. The Hall–Kier alpha value is -1.81. The Balaban J connectivity index is 2.66. The van der Waals surface area contributed by atoms with Crippen LogP contribution in [0.4, 0.5) is 4.79 Å². The lowest BCUT2D eigenvalue weighted by Crippen LogP contribution is -2.33. The van der Waals surface area contributed by atoms with Crippen molar-refractivity contribution in [3.63, 3.8) is 0 Å². The van der Waals surface area contributed by atoms with Gasteiger partial charge in [-0.2, -0.15) is 0 Å². The van der Waals surface area contributed by atoms with Crippen LogP contribution in [-0.2, 0) is 11.2 Å². The van der Waals surface area contributed by atoms with Crippen LogP contribution < -0.4 is 5.32 Å². The van der Waals surface area contributed by atoms with Crippen LogP contribution >= 0.6 is 0 Å². The number of nitrogens with one attached hydrogen (secondary N) is 1. The lowest BCUT2D eigenvalue weighted by Gasteiger charge is -2.19. The molecular weight excluding hydrogens is 278 g/mol. The molecule has 0 heterocycles. The van der Waals surface area contributed by atoms with Gasteiger partial charge in [-0.25, -0.2) is 4.79 Å². The highest BCUT2D eigenvalue weighted by molar-refractivity contribution is 5.67. The van der Waals surface area contributed by atoms with Gasteiger partial charge in [-0.1, -0.05) is 30.4 Å². The predicted octanol–water partition coefficient (Wildman–Crippen LogP) is 3.46. The van der Waals surface area contributed by atoms with Gasteiger partial charge in [0.15, 0.2) is 0 Å². The monoisotopic (exact) mass is 305 g/mol. The Bertz CT molecular complexity index is 528. The van der Waals surface area contributed by atoms with Crippen molar-refractivity contribution in [1.82, 2.24) is 5.32 Å². The average molecular weight is 305 g/mol. The summed E-state index contributed by atoms with van der Waals surface area (Å²) in [5.74, 6) is 0. The van der Waals surface area contributed by atoms with Gasteiger partial charge < -0.3 is 15.2 Å². The van der Waals surface area contributed by atoms with E-state index in [1.165, 1.54) is 0 Å². The summed E-state index contributed by atoms with van der Waals surface area (Å²) >= 11 is 0. The van der Waals surface area contributed by atoms with Gasteiger partial charge in [0.1, 0.15) is 5.60 Å². The number of carbonyl (C=O) groups excluding carboxylic acids is 1. The fourth-order valence-electron chi connectivity index (χ4n) is 2.05. The Labute approximate surface area is 133 Å². The topological polar surface area (TPSA) is 58.6 Å². The number of amides is 1. The molecule has 1 amide bonds. The van der Waals surface area contributed by atoms with Gasteiger partial charge in [0.2, 0.25) is 0 Å². The van der Waals surface area contributed by atoms with Crippen molar-refractivity contribution in [2.45, 2.75) is 52.7 Å². The number of carbonyl (C=O) groups is 1. The van der Waals surface area contributed by atoms with Crippen molar-refractivity contribution >= 4 is 12.2 Å². The summed E-state index contributed by atoms with van der Waals surface area (Å²) in [7, 11) is 0. The zero-order chi connectivity index (χ0) is 16.8. The van der Waals surface area contributed by atoms with E-state index >= 15 is 0 Å². The molecule has 0 radical (unpaired) electrons. The highest BCUT2D eigenvalue weighted by atomic mass is 16.6. The molecule has 0 aromatic heterocycles. The van der Waals surface area contributed by atoms with Crippen LogP contribution in [0.1, 0.15) is 44.4 Å². The second-order valence-electron chi connectivity index (χ2n) is 6.43. The van der Waals surface area contributed by atoms with Crippen molar-refractivity contribution in [3.8, 4) is 0 Å². The smallest absolute Gasteiger partial charge is 0.407 e. The maximum atomic E-state index is 11.6. The highest BCUT2D eigenvalue weighted by Gasteiger charge is 2.15. The standard InChI is InChI=1S/C18H27NO3/c1-13-7-6-8-15(16(13)10-9-14(2)20)11-12-19-17(21)22-18(3,4)5/h6-10,14,20H,11-12H2,1-5H3,(H,19,21)/b10-9+/t14-/m0/s1. The first-order valence-corrected chi connectivity index (χ1v) is 7.60. The maximum absolute atomic E-state index is 11.6. The molecule has 1 aromatic carbocycles. The molecule has 0 unspecified atom stereocenters. The number of hydrogen-bond donors (Lipinski definition) is 2. The van der Waals surface area contributed by atoms with Gasteiger partial charge in [-0.15, -0.1) is 0 Å². The van der Waals surface area contributed by atoms with E-state index in [4.69, 9.17) is 4.74 Å². The first-order chi connectivity index (χ1) is 10.2. The van der Waals surface area contributed by atoms with E-state index in [0.717, 1.165) is 16.7 Å². The summed E-state index contributed by atoms with van der Waals surface area (Å²) in [6.07, 6.45) is 3.52. The zero-order valence-electron chi connectivity index (χ0n) is 14.1. The second kappa shape index (κ2) is 7.99. The van der Waals surface area contributed by atoms with E-state index in [1.807, 2.05) is 52.0 Å². The summed E-state index contributed by atoms with van der Waals surface area (Å²) in [4.78, 5) is 11.6. The minimum atomic E-state index is -0.488. The first-order valence-electron chi connectivity index (χ1n) is 7.60. The van der Waals surface area contributed by atoms with Gasteiger partial charge >= 0.3 is 6.09 Å². The molecular formula is C18H27NO3. The van der Waals surface area contributed by atoms with Gasteiger partial charge in [-0.05, 0) is 57.7 Å². The largest absolute Gasteiger partial charge is 0.444 e. The fourth-order valence-corrected chi connectivity index (χ4v) is 2.05. The molecule has 0 saturated carbocycles. The Morgan fingerprint density at radius 2 is 2.09 bits per heavy atom. The molecule has 0 aliphatic carbocycles. The summed E-state index contributed by atoms with van der Waals surface area (Å²) in [5.41, 5.74) is 2.88. The van der Waals surface area contributed by atoms with Crippen molar-refractivity contribution in [3.05, 3.63) is 41.0 Å². The third-order valence-electron chi connectivity index (χ3n) is 3.02. The lowest BCUT2D eigenvalue weighted by atomic mass is 9.99. The number of aliphatic hydroxyl groups is 1. The van der Waals surface area contributed by atoms with Crippen molar-refractivity contribution < 1.29 is 14.6 Å². The fraction of sp³-hybridized carbons (Fsp3) is 0.500. The molecule has 22 heavy (non-hydrogen) atoms. The van der Waals surface area contributed by atoms with Crippen LogP contribution in [0.15, 0.2) is 24.3 Å². The maximum Gasteiger partial charge on any atom is 0.407 e. The van der Waals surface area contributed by atoms with Crippen LogP contribution in [0.5, 0.6) is 0 Å². The van der Waals surface area contributed by atoms with Crippen LogP contribution in [0, 0.1) is 6.92 Å². The van der Waals surface area contributed by atoms with Crippen molar-refractivity contribution in [2.75, 3.05) is 6.54 Å². The summed E-state index contributed by atoms with van der Waals surface area (Å²) in [6.45, 7) is 9.78. The number of hydrogen-bond acceptors (Lipinski definition) is 3. The minimum Gasteiger partial charge on any atom is -0.444 e. The normalized spacial score (nSPS) is 13.2. The molecule has 0 aliphatic heterocycles. The van der Waals surface area contributed by atoms with Crippen LogP contribution in [0.25, 0.3) is 6.08 Å². The third-order valence-corrected chi connectivity index (χ3v) is 3.02. The molecule has 0 spiro atoms. The van der Waals surface area contributed by atoms with E-state index in [0.29, 0.717) is 13.0 Å². The van der Waals surface area contributed by atoms with E-state index in [-0.39, 0.29) is 0 Å². The number of alkyl carbamates (subject to hydrolysis) is 1. The third kappa shape index (κ3) is 6.76. The molecule has 0 saturated heterocycles. The number of benzene rings is 1. The molecule has 0 fully saturated rings. The molecule has 1 aromatic rings. The van der Waals surface area contributed by atoms with Crippen LogP contribution in [0.3, 0.4) is 0 Å². The quantitative estimate of drug-likeness (QED) is 0.876. The molecule has 0 aliphatic rings. The lowest BCUT2D eigenvalue weighted by molar-refractivity contribution is 0.0528. The Morgan fingerprint density at radius 3 is 2.68 bits per heavy atom. The Kier molecular flexibility index (Phi) is 6.62. The summed E-state index contributed by atoms with van der Waals surface area (Å²) < 4.78 is 5.21. The number of aryl methyl sites for hydroxylation is 1. The van der Waals surface area contributed by atoms with Crippen molar-refractivity contribution in [2.24, 2.45) is 0 Å². The SMILES string of the molecule is Cc1cccc(CCNC(=O)OC(C)(C)C)c1/C=C/[C@H](C)O. The zero-order valence-corrected chi connectivity index (χ0v) is 14.1. The molecule has 122 valence electrons. The van der Waals surface area contributed by atoms with Crippen molar-refractivity contribution in [1.29, 1.82) is 0 Å². The van der Waals surface area contributed by atoms with Gasteiger partial charge in [0, 0.05) is 6.54 Å². The first kappa shape index (κ1) is 18.2. The van der Waals surface area contributed by atoms with Gasteiger partial charge in [0.25, 0.3) is 0 Å². The second-order valence-corrected chi connectivity index (χ2v) is 6.43. The molecule has 4 heteroatoms. The predicted molar refractivity (Wildman–Crippen MR) is 89.8 cm³/mol. The molecule has 1 rings (SSSR count). The minimum absolute atomic E-state index is 0.402. The molecule has 4 nitrogen and oxygen atoms in total. The van der Waals surface area contributed by atoms with E-state index < -0.39 is 17.8 Å². The molecule has 2 N–H and O–H groups in total. The number of ether oxygens (including phenoxy) is 1.